The molecule has 0 N–H and O–H groups in total. The number of hydrogen-bond donors (Lipinski definition) is 0. The minimum absolute atomic E-state index is 0.0138. The summed E-state index contributed by atoms with van der Waals surface area (Å²) in [6, 6.07) is 8.87. The van der Waals surface area contributed by atoms with Gasteiger partial charge in [-0.1, -0.05) is 135 Å². The van der Waals surface area contributed by atoms with Gasteiger partial charge >= 0.3 is 88.2 Å². The Kier molecular flexibility index (Phi) is 28.0. The molecule has 0 heterocycles. The molecule has 0 saturated heterocycles. The summed E-state index contributed by atoms with van der Waals surface area (Å²) in [6.45, 7) is 46.5. The Morgan fingerprint density at radius 1 is 0.395 bits per heavy atom. The Bertz CT molecular complexity index is 571. The third-order valence-corrected chi connectivity index (χ3v) is 26.2. The summed E-state index contributed by atoms with van der Waals surface area (Å²) in [5, 5.41) is 2.41. The standard InChI is InChI=1S/C6H4Br2Ge2.4C6H15Si/c7-9-5-1-2-6(10-8)4-3-5;4*1-6(2,3)7(4)5/h1-4H;4*1-5H3. The number of rotatable bonds is 2. The van der Waals surface area contributed by atoms with Crippen molar-refractivity contribution in [2.45, 2.75) is 156 Å². The fourth-order valence-electron chi connectivity index (χ4n) is 0.596. The molecule has 0 bridgehead atoms. The normalized spacial score (nSPS) is 12.1. The molecule has 0 aliphatic carbocycles. The van der Waals surface area contributed by atoms with Crippen molar-refractivity contribution in [1.29, 1.82) is 0 Å². The number of benzene rings is 1. The molecular weight excluding hydrogens is 778 g/mol. The fourth-order valence-corrected chi connectivity index (χ4v) is 4.57. The van der Waals surface area contributed by atoms with Gasteiger partial charge in [0, 0.05) is 35.2 Å². The molecule has 8 radical (unpaired) electrons. The van der Waals surface area contributed by atoms with Crippen molar-refractivity contribution in [2.24, 2.45) is 0 Å². The van der Waals surface area contributed by atoms with Gasteiger partial charge in [0.15, 0.2) is 0 Å². The molecule has 222 valence electrons. The van der Waals surface area contributed by atoms with E-state index in [1.54, 1.807) is 0 Å². The summed E-state index contributed by atoms with van der Waals surface area (Å²) in [5.74, 6) is 0. The zero-order chi connectivity index (χ0) is 31.7. The van der Waals surface area contributed by atoms with E-state index in [1.807, 2.05) is 0 Å². The molecule has 8 heteroatoms. The van der Waals surface area contributed by atoms with Gasteiger partial charge in [0.2, 0.25) is 0 Å². The molecule has 0 atom stereocenters. The van der Waals surface area contributed by atoms with E-state index in [2.05, 4.69) is 188 Å². The second-order valence-electron chi connectivity index (χ2n) is 14.8. The van der Waals surface area contributed by atoms with Crippen LogP contribution in [-0.2, 0) is 0 Å². The predicted molar refractivity (Wildman–Crippen MR) is 204 cm³/mol. The van der Waals surface area contributed by atoms with Gasteiger partial charge in [-0.15, -0.1) is 0 Å². The van der Waals surface area contributed by atoms with E-state index in [1.165, 1.54) is 8.79 Å². The van der Waals surface area contributed by atoms with Crippen molar-refractivity contribution < 1.29 is 0 Å². The Morgan fingerprint density at radius 2 is 0.500 bits per heavy atom. The molecule has 0 fully saturated rings. The second kappa shape index (κ2) is 22.6. The quantitative estimate of drug-likeness (QED) is 0.260. The van der Waals surface area contributed by atoms with Gasteiger partial charge in [0.1, 0.15) is 0 Å². The van der Waals surface area contributed by atoms with Gasteiger partial charge in [-0.25, -0.2) is 0 Å². The maximum absolute atomic E-state index is 3.53. The van der Waals surface area contributed by atoms with Gasteiger partial charge < -0.3 is 0 Å². The van der Waals surface area contributed by atoms with Crippen LogP contribution in [0.1, 0.15) is 83.1 Å². The van der Waals surface area contributed by atoms with E-state index in [-0.39, 0.29) is 62.4 Å². The average Bonchev–Trinajstić information content (AvgIpc) is 2.72. The molecule has 0 aliphatic heterocycles. The minimum atomic E-state index is -0.0502. The van der Waals surface area contributed by atoms with Crippen molar-refractivity contribution in [3.8, 4) is 0 Å². The van der Waals surface area contributed by atoms with Crippen molar-refractivity contribution in [1.82, 2.24) is 0 Å². The third-order valence-electron chi connectivity index (χ3n) is 7.10. The van der Waals surface area contributed by atoms with Crippen LogP contribution in [0.5, 0.6) is 0 Å². The van der Waals surface area contributed by atoms with Crippen LogP contribution in [0.3, 0.4) is 0 Å². The van der Waals surface area contributed by atoms with Crippen LogP contribution in [-0.4, -0.2) is 62.4 Å². The summed E-state index contributed by atoms with van der Waals surface area (Å²) < 4.78 is 2.94. The van der Waals surface area contributed by atoms with E-state index in [9.17, 15) is 0 Å². The summed E-state index contributed by atoms with van der Waals surface area (Å²) in [6.07, 6.45) is 0. The molecule has 0 amide bonds. The summed E-state index contributed by atoms with van der Waals surface area (Å²) in [5.41, 5.74) is 0. The third kappa shape index (κ3) is 32.6. The van der Waals surface area contributed by atoms with Gasteiger partial charge in [0.25, 0.3) is 0 Å². The van der Waals surface area contributed by atoms with Crippen LogP contribution < -0.4 is 8.79 Å². The molecule has 1 aromatic carbocycles. The molecule has 0 aromatic heterocycles. The van der Waals surface area contributed by atoms with Crippen molar-refractivity contribution in [3.63, 3.8) is 0 Å². The van der Waals surface area contributed by atoms with Gasteiger partial charge in [-0.3, -0.25) is 0 Å². The average molecular weight is 842 g/mol. The Morgan fingerprint density at radius 3 is 0.553 bits per heavy atom. The van der Waals surface area contributed by atoms with Crippen molar-refractivity contribution in [3.05, 3.63) is 24.3 Å². The van der Waals surface area contributed by atoms with E-state index in [0.29, 0.717) is 20.2 Å². The Labute approximate surface area is 276 Å². The first-order valence-electron chi connectivity index (χ1n) is 13.7. The molecule has 0 nitrogen and oxygen atoms in total. The Hall–Kier alpha value is 2.13. The van der Waals surface area contributed by atoms with E-state index < -0.39 is 0 Å². The van der Waals surface area contributed by atoms with Crippen LogP contribution in [0.2, 0.25) is 72.5 Å². The van der Waals surface area contributed by atoms with Gasteiger partial charge in [0.05, 0.1) is 0 Å². The zero-order valence-corrected chi connectivity index (χ0v) is 40.4. The molecule has 0 spiro atoms. The van der Waals surface area contributed by atoms with Crippen LogP contribution in [0.4, 0.5) is 0 Å². The summed E-state index contributed by atoms with van der Waals surface area (Å²) >= 11 is 7.03. The molecule has 38 heavy (non-hydrogen) atoms. The maximum atomic E-state index is 3.53. The summed E-state index contributed by atoms with van der Waals surface area (Å²) in [7, 11) is -0.201. The van der Waals surface area contributed by atoms with Crippen LogP contribution in [0, 0.1) is 0 Å². The molecule has 0 saturated carbocycles. The van der Waals surface area contributed by atoms with Crippen molar-refractivity contribution in [2.75, 3.05) is 0 Å². The monoisotopic (exact) mass is 842 g/mol. The topological polar surface area (TPSA) is 0 Å². The molecule has 1 aromatic rings. The van der Waals surface area contributed by atoms with Crippen molar-refractivity contribution >= 4 is 99.2 Å². The predicted octanol–water partition coefficient (Wildman–Crippen LogP) is 11.1. The first-order chi connectivity index (χ1) is 16.6. The van der Waals surface area contributed by atoms with Gasteiger partial charge in [-0.2, -0.15) is 0 Å². The second-order valence-corrected chi connectivity index (χ2v) is 36.1. The SMILES string of the molecule is C[Si](C)C(C)(C)C.C[Si](C)C(C)(C)C.C[Si](C)C(C)(C)C.C[Si](C)C(C)(C)C.[Br][Ge][c]1cc[c]([Ge][Br])cc1. The van der Waals surface area contributed by atoms with Crippen LogP contribution in [0.25, 0.3) is 0 Å². The fraction of sp³-hybridized carbons (Fsp3) is 0.800. The zero-order valence-electron chi connectivity index (χ0n) is 29.1. The first-order valence-corrected chi connectivity index (χ1v) is 35.6. The van der Waals surface area contributed by atoms with E-state index in [0.717, 1.165) is 0 Å². The van der Waals surface area contributed by atoms with E-state index >= 15 is 0 Å². The number of halogens is 2. The van der Waals surface area contributed by atoms with Crippen LogP contribution >= 0.6 is 28.0 Å². The molecule has 0 unspecified atom stereocenters. The summed E-state index contributed by atoms with van der Waals surface area (Å²) in [4.78, 5) is 0. The number of hydrogen-bond acceptors (Lipinski definition) is 0. The molecule has 1 rings (SSSR count). The first kappa shape index (κ1) is 47.1. The van der Waals surface area contributed by atoms with Crippen LogP contribution in [0.15, 0.2) is 24.3 Å². The molecular formula is C30H64Br2Ge2Si4. The van der Waals surface area contributed by atoms with E-state index in [4.69, 9.17) is 0 Å². The van der Waals surface area contributed by atoms with Gasteiger partial charge in [-0.05, 0) is 20.2 Å². The Balaban J connectivity index is -0.000000192. The molecule has 0 aliphatic rings.